The van der Waals surface area contributed by atoms with Crippen molar-refractivity contribution in [1.29, 1.82) is 0 Å². The van der Waals surface area contributed by atoms with Crippen LogP contribution in [0.15, 0.2) is 102 Å². The van der Waals surface area contributed by atoms with Crippen molar-refractivity contribution in [2.45, 2.75) is 40.2 Å². The van der Waals surface area contributed by atoms with Crippen LogP contribution >= 0.6 is 11.3 Å². The molecule has 0 spiro atoms. The summed E-state index contributed by atoms with van der Waals surface area (Å²) < 4.78 is 10.1. The van der Waals surface area contributed by atoms with E-state index in [2.05, 4.69) is 128 Å². The molecule has 2 heterocycles. The lowest BCUT2D eigenvalue weighted by Crippen LogP contribution is -2.33. The summed E-state index contributed by atoms with van der Waals surface area (Å²) in [5.41, 5.74) is 7.71. The van der Waals surface area contributed by atoms with E-state index in [1.54, 1.807) is 0 Å². The van der Waals surface area contributed by atoms with Crippen LogP contribution in [0.4, 0.5) is 5.69 Å². The Bertz CT molecular complexity index is 1570. The zero-order valence-electron chi connectivity index (χ0n) is 22.0. The molecule has 3 nitrogen and oxygen atoms in total. The van der Waals surface area contributed by atoms with Crippen LogP contribution in [0.3, 0.4) is 0 Å². The lowest BCUT2D eigenvalue weighted by atomic mass is 9.75. The minimum absolute atomic E-state index is 0.186. The molecule has 1 aromatic heterocycles. The number of anilines is 1. The van der Waals surface area contributed by atoms with Gasteiger partial charge in [-0.05, 0) is 65.7 Å². The number of fused-ring (bicyclic) bond motifs is 2. The molecular formula is C33H33N2OS+. The molecule has 0 N–H and O–H groups in total. The number of aryl methyl sites for hydroxylation is 1. The van der Waals surface area contributed by atoms with Crippen LogP contribution in [0.5, 0.6) is 5.75 Å². The van der Waals surface area contributed by atoms with Crippen LogP contribution < -0.4 is 14.2 Å². The zero-order chi connectivity index (χ0) is 25.6. The predicted octanol–water partition coefficient (Wildman–Crippen LogP) is 8.38. The van der Waals surface area contributed by atoms with E-state index < -0.39 is 0 Å². The summed E-state index contributed by atoms with van der Waals surface area (Å²) in [6.07, 6.45) is 9.09. The van der Waals surface area contributed by atoms with Crippen molar-refractivity contribution in [2.24, 2.45) is 5.41 Å². The molecule has 0 fully saturated rings. The van der Waals surface area contributed by atoms with Crippen LogP contribution in [0.25, 0.3) is 27.4 Å². The number of hydrogen-bond donors (Lipinski definition) is 0. The third kappa shape index (κ3) is 4.62. The zero-order valence-corrected chi connectivity index (χ0v) is 22.8. The molecule has 37 heavy (non-hydrogen) atoms. The molecule has 0 radical (unpaired) electrons. The SMILES string of the molecule is CC[n+]1c(/C=C2C=C(/C=C3\Oc4ccc(-c5ccccc5)cc4N3C)CC(C)(C)C/2)sc2ccccc21. The Kier molecular flexibility index (Phi) is 6.00. The average Bonchev–Trinajstić information content (AvgIpc) is 3.39. The van der Waals surface area contributed by atoms with Gasteiger partial charge in [0.1, 0.15) is 11.2 Å². The smallest absolute Gasteiger partial charge is 0.263 e. The summed E-state index contributed by atoms with van der Waals surface area (Å²) in [6.45, 7) is 7.93. The van der Waals surface area contributed by atoms with Crippen molar-refractivity contribution in [3.63, 3.8) is 0 Å². The van der Waals surface area contributed by atoms with Gasteiger partial charge in [-0.3, -0.25) is 0 Å². The van der Waals surface area contributed by atoms with E-state index in [4.69, 9.17) is 4.74 Å². The van der Waals surface area contributed by atoms with Gasteiger partial charge in [-0.25, -0.2) is 0 Å². The van der Waals surface area contributed by atoms with Gasteiger partial charge in [0.15, 0.2) is 5.75 Å². The summed E-state index contributed by atoms with van der Waals surface area (Å²) >= 11 is 1.88. The molecule has 0 saturated carbocycles. The largest absolute Gasteiger partial charge is 0.439 e. The monoisotopic (exact) mass is 505 g/mol. The van der Waals surface area contributed by atoms with E-state index in [1.165, 1.54) is 37.5 Å². The van der Waals surface area contributed by atoms with Gasteiger partial charge >= 0.3 is 0 Å². The first-order chi connectivity index (χ1) is 17.9. The van der Waals surface area contributed by atoms with Gasteiger partial charge in [0.05, 0.1) is 5.69 Å². The number of nitrogens with zero attached hydrogens (tertiary/aromatic N) is 2. The number of para-hydroxylation sites is 1. The number of allylic oxidation sites excluding steroid dienone is 4. The molecular weight excluding hydrogens is 472 g/mol. The second-order valence-corrected chi connectivity index (χ2v) is 11.9. The van der Waals surface area contributed by atoms with Crippen LogP contribution in [-0.2, 0) is 6.54 Å². The Morgan fingerprint density at radius 3 is 2.54 bits per heavy atom. The Hall–Kier alpha value is -3.63. The first kappa shape index (κ1) is 23.7. The molecule has 186 valence electrons. The Morgan fingerprint density at radius 1 is 0.946 bits per heavy atom. The minimum Gasteiger partial charge on any atom is -0.439 e. The van der Waals surface area contributed by atoms with Crippen molar-refractivity contribution in [2.75, 3.05) is 11.9 Å². The highest BCUT2D eigenvalue weighted by Gasteiger charge is 2.29. The second kappa shape index (κ2) is 9.35. The summed E-state index contributed by atoms with van der Waals surface area (Å²) in [7, 11) is 2.10. The highest BCUT2D eigenvalue weighted by molar-refractivity contribution is 7.18. The number of ether oxygens (including phenoxy) is 1. The molecule has 0 saturated heterocycles. The van der Waals surface area contributed by atoms with Crippen molar-refractivity contribution in [3.05, 3.63) is 107 Å². The van der Waals surface area contributed by atoms with Crippen molar-refractivity contribution in [1.82, 2.24) is 0 Å². The molecule has 0 atom stereocenters. The van der Waals surface area contributed by atoms with Gasteiger partial charge in [-0.1, -0.05) is 79.8 Å². The summed E-state index contributed by atoms with van der Waals surface area (Å²) in [5.74, 6) is 1.79. The quantitative estimate of drug-likeness (QED) is 0.259. The molecule has 0 amide bonds. The van der Waals surface area contributed by atoms with Gasteiger partial charge in [0.25, 0.3) is 5.01 Å². The van der Waals surface area contributed by atoms with Crippen molar-refractivity contribution in [3.8, 4) is 16.9 Å². The normalized spacial score (nSPS) is 18.8. The van der Waals surface area contributed by atoms with E-state index in [-0.39, 0.29) is 5.41 Å². The van der Waals surface area contributed by atoms with Crippen LogP contribution in [0.1, 0.15) is 38.6 Å². The highest BCUT2D eigenvalue weighted by atomic mass is 32.1. The van der Waals surface area contributed by atoms with E-state index >= 15 is 0 Å². The first-order valence-electron chi connectivity index (χ1n) is 13.1. The third-order valence-corrected chi connectivity index (χ3v) is 8.39. The van der Waals surface area contributed by atoms with Crippen LogP contribution in [0, 0.1) is 5.41 Å². The Labute approximate surface area is 223 Å². The third-order valence-electron chi connectivity index (χ3n) is 7.28. The Balaban J connectivity index is 1.33. The summed E-state index contributed by atoms with van der Waals surface area (Å²) in [5, 5.41) is 1.31. The maximum Gasteiger partial charge on any atom is 0.263 e. The summed E-state index contributed by atoms with van der Waals surface area (Å²) in [6, 6.07) is 25.7. The number of aromatic nitrogens is 1. The topological polar surface area (TPSA) is 16.4 Å². The second-order valence-electron chi connectivity index (χ2n) is 10.8. The first-order valence-corrected chi connectivity index (χ1v) is 13.9. The molecule has 6 rings (SSSR count). The fraction of sp³-hybridized carbons (Fsp3) is 0.242. The van der Waals surface area contributed by atoms with E-state index in [9.17, 15) is 0 Å². The molecule has 4 aromatic rings. The average molecular weight is 506 g/mol. The maximum atomic E-state index is 6.34. The van der Waals surface area contributed by atoms with E-state index in [0.29, 0.717) is 0 Å². The highest BCUT2D eigenvalue weighted by Crippen LogP contribution is 2.43. The van der Waals surface area contributed by atoms with Gasteiger partial charge in [0.2, 0.25) is 11.4 Å². The number of benzene rings is 3. The summed E-state index contributed by atoms with van der Waals surface area (Å²) in [4.78, 5) is 2.17. The molecule has 4 heteroatoms. The molecule has 2 aliphatic rings. The van der Waals surface area contributed by atoms with Gasteiger partial charge < -0.3 is 9.64 Å². The van der Waals surface area contributed by atoms with E-state index in [1.807, 2.05) is 11.3 Å². The van der Waals surface area contributed by atoms with Crippen molar-refractivity contribution < 1.29 is 9.30 Å². The maximum absolute atomic E-state index is 6.34. The molecule has 3 aromatic carbocycles. The molecule has 1 aliphatic carbocycles. The predicted molar refractivity (Wildman–Crippen MR) is 156 cm³/mol. The van der Waals surface area contributed by atoms with Crippen LogP contribution in [0.2, 0.25) is 0 Å². The standard InChI is InChI=1S/C33H33N2OS/c1-5-35-27-13-9-10-14-30(27)37-32(35)19-24-17-23(21-33(2,3)22-24)18-31-34(4)28-20-26(15-16-29(28)36-31)25-11-7-6-8-12-25/h6-20H,5,21-22H2,1-4H3/q+1. The van der Waals surface area contributed by atoms with Crippen LogP contribution in [-0.4, -0.2) is 7.05 Å². The fourth-order valence-electron chi connectivity index (χ4n) is 5.60. The number of thiazole rings is 1. The number of hydrogen-bond acceptors (Lipinski definition) is 3. The molecule has 0 bridgehead atoms. The lowest BCUT2D eigenvalue weighted by Gasteiger charge is -2.30. The Morgan fingerprint density at radius 2 is 1.73 bits per heavy atom. The fourth-order valence-corrected chi connectivity index (χ4v) is 6.80. The van der Waals surface area contributed by atoms with E-state index in [0.717, 1.165) is 36.7 Å². The number of rotatable bonds is 4. The van der Waals surface area contributed by atoms with Gasteiger partial charge in [-0.2, -0.15) is 4.57 Å². The van der Waals surface area contributed by atoms with Gasteiger partial charge in [0, 0.05) is 25.3 Å². The lowest BCUT2D eigenvalue weighted by molar-refractivity contribution is -0.665. The minimum atomic E-state index is 0.186. The molecule has 0 unspecified atom stereocenters. The van der Waals surface area contributed by atoms with Gasteiger partial charge in [-0.15, -0.1) is 0 Å². The van der Waals surface area contributed by atoms with Crippen molar-refractivity contribution >= 4 is 33.3 Å². The molecule has 1 aliphatic heterocycles.